The Morgan fingerprint density at radius 3 is 2.56 bits per heavy atom. The van der Waals surface area contributed by atoms with Gasteiger partial charge in [0.1, 0.15) is 6.04 Å². The van der Waals surface area contributed by atoms with Gasteiger partial charge in [-0.2, -0.15) is 0 Å². The molecule has 184 valence electrons. The van der Waals surface area contributed by atoms with Crippen LogP contribution in [0, 0.1) is 0 Å². The molecule has 2 heterocycles. The second-order valence-electron chi connectivity index (χ2n) is 8.94. The zero-order valence-corrected chi connectivity index (χ0v) is 20.8. The van der Waals surface area contributed by atoms with Gasteiger partial charge >= 0.3 is 0 Å². The van der Waals surface area contributed by atoms with Crippen molar-refractivity contribution in [1.82, 2.24) is 10.2 Å². The van der Waals surface area contributed by atoms with E-state index in [1.807, 2.05) is 23.6 Å². The molecule has 0 spiro atoms. The van der Waals surface area contributed by atoms with Crippen molar-refractivity contribution in [3.63, 3.8) is 0 Å². The molecule has 0 bridgehead atoms. The second kappa shape index (κ2) is 11.7. The lowest BCUT2D eigenvalue weighted by molar-refractivity contribution is -0.142. The summed E-state index contributed by atoms with van der Waals surface area (Å²) >= 11 is 1.55. The molecular formula is C26H34N2O5S. The predicted octanol–water partition coefficient (Wildman–Crippen LogP) is 4.12. The molecule has 1 saturated carbocycles. The molecule has 34 heavy (non-hydrogen) atoms. The SMILES string of the molecule is COc1ccc([C@@H](C(=O)NC2CCCC2)N(C[C@@H]2CCCO2)C(=O)Cc2cccs2)cc1OC. The number of hydrogen-bond acceptors (Lipinski definition) is 6. The number of benzene rings is 1. The van der Waals surface area contributed by atoms with E-state index in [9.17, 15) is 9.59 Å². The van der Waals surface area contributed by atoms with Gasteiger partial charge in [-0.1, -0.05) is 25.0 Å². The summed E-state index contributed by atoms with van der Waals surface area (Å²) in [6.07, 6.45) is 6.20. The first kappa shape index (κ1) is 24.5. The van der Waals surface area contributed by atoms with E-state index in [-0.39, 0.29) is 30.4 Å². The van der Waals surface area contributed by atoms with Crippen molar-refractivity contribution in [2.75, 3.05) is 27.4 Å². The van der Waals surface area contributed by atoms with Crippen molar-refractivity contribution >= 4 is 23.2 Å². The van der Waals surface area contributed by atoms with Gasteiger partial charge in [-0.15, -0.1) is 11.3 Å². The largest absolute Gasteiger partial charge is 0.493 e. The fourth-order valence-corrected chi connectivity index (χ4v) is 5.56. The number of thiophene rings is 1. The van der Waals surface area contributed by atoms with E-state index in [0.29, 0.717) is 30.2 Å². The van der Waals surface area contributed by atoms with E-state index < -0.39 is 6.04 Å². The van der Waals surface area contributed by atoms with E-state index in [0.717, 1.165) is 43.4 Å². The van der Waals surface area contributed by atoms with Gasteiger partial charge in [0.25, 0.3) is 0 Å². The van der Waals surface area contributed by atoms with Gasteiger partial charge in [-0.05, 0) is 54.8 Å². The van der Waals surface area contributed by atoms with Crippen LogP contribution in [0.25, 0.3) is 0 Å². The van der Waals surface area contributed by atoms with Crippen molar-refractivity contribution in [1.29, 1.82) is 0 Å². The normalized spacial score (nSPS) is 19.1. The van der Waals surface area contributed by atoms with E-state index in [4.69, 9.17) is 14.2 Å². The van der Waals surface area contributed by atoms with E-state index in [1.165, 1.54) is 0 Å². The Morgan fingerprint density at radius 2 is 1.91 bits per heavy atom. The van der Waals surface area contributed by atoms with E-state index in [2.05, 4.69) is 5.32 Å². The number of nitrogens with one attached hydrogen (secondary N) is 1. The first-order valence-electron chi connectivity index (χ1n) is 12.0. The van der Waals surface area contributed by atoms with Crippen LogP contribution in [0.5, 0.6) is 11.5 Å². The van der Waals surface area contributed by atoms with Crippen LogP contribution >= 0.6 is 11.3 Å². The highest BCUT2D eigenvalue weighted by Gasteiger charge is 2.36. The molecule has 0 unspecified atom stereocenters. The van der Waals surface area contributed by atoms with Gasteiger partial charge in [0.05, 0.1) is 26.7 Å². The third kappa shape index (κ3) is 5.91. The lowest BCUT2D eigenvalue weighted by Crippen LogP contribution is -2.48. The van der Waals surface area contributed by atoms with Crippen LogP contribution in [0.15, 0.2) is 35.7 Å². The summed E-state index contributed by atoms with van der Waals surface area (Å²) in [5.74, 6) is 0.870. The van der Waals surface area contributed by atoms with Crippen LogP contribution in [-0.2, 0) is 20.7 Å². The minimum atomic E-state index is -0.780. The average Bonchev–Trinajstić information content (AvgIpc) is 3.63. The van der Waals surface area contributed by atoms with Crippen LogP contribution < -0.4 is 14.8 Å². The fourth-order valence-electron chi connectivity index (χ4n) is 4.87. The van der Waals surface area contributed by atoms with Crippen molar-refractivity contribution in [3.8, 4) is 11.5 Å². The molecule has 1 aliphatic heterocycles. The number of nitrogens with zero attached hydrogens (tertiary/aromatic N) is 1. The first-order chi connectivity index (χ1) is 16.6. The predicted molar refractivity (Wildman–Crippen MR) is 131 cm³/mol. The monoisotopic (exact) mass is 486 g/mol. The molecule has 1 aromatic heterocycles. The molecule has 8 heteroatoms. The number of ether oxygens (including phenoxy) is 3. The zero-order chi connectivity index (χ0) is 23.9. The standard InChI is InChI=1S/C26H34N2O5S/c1-31-22-12-11-18(15-23(22)32-2)25(26(30)27-19-7-3-4-8-19)28(17-20-9-5-13-33-20)24(29)16-21-10-6-14-34-21/h6,10-12,14-15,19-20,25H,3-5,7-9,13,16-17H2,1-2H3,(H,27,30)/t20-,25-/m0/s1. The smallest absolute Gasteiger partial charge is 0.247 e. The van der Waals surface area contributed by atoms with Gasteiger partial charge in [0.15, 0.2) is 11.5 Å². The Kier molecular flexibility index (Phi) is 8.45. The molecule has 2 amide bonds. The fraction of sp³-hybridized carbons (Fsp3) is 0.538. The van der Waals surface area contributed by atoms with Gasteiger partial charge < -0.3 is 24.4 Å². The highest BCUT2D eigenvalue weighted by Crippen LogP contribution is 2.34. The average molecular weight is 487 g/mol. The Balaban J connectivity index is 1.69. The van der Waals surface area contributed by atoms with Crippen LogP contribution in [0.2, 0.25) is 0 Å². The van der Waals surface area contributed by atoms with Gasteiger partial charge in [0, 0.05) is 24.1 Å². The van der Waals surface area contributed by atoms with Crippen LogP contribution in [0.4, 0.5) is 0 Å². The number of hydrogen-bond donors (Lipinski definition) is 1. The van der Waals surface area contributed by atoms with Crippen LogP contribution in [-0.4, -0.2) is 56.2 Å². The summed E-state index contributed by atoms with van der Waals surface area (Å²) in [4.78, 5) is 30.1. The third-order valence-corrected chi connectivity index (χ3v) is 7.51. The van der Waals surface area contributed by atoms with Crippen molar-refractivity contribution in [2.45, 2.75) is 63.1 Å². The molecule has 1 N–H and O–H groups in total. The summed E-state index contributed by atoms with van der Waals surface area (Å²) < 4.78 is 16.8. The van der Waals surface area contributed by atoms with E-state index in [1.54, 1.807) is 42.6 Å². The first-order valence-corrected chi connectivity index (χ1v) is 12.9. The maximum Gasteiger partial charge on any atom is 0.247 e. The number of amides is 2. The molecule has 4 rings (SSSR count). The number of methoxy groups -OCH3 is 2. The van der Waals surface area contributed by atoms with Crippen molar-refractivity contribution in [2.24, 2.45) is 0 Å². The lowest BCUT2D eigenvalue weighted by Gasteiger charge is -2.34. The molecular weight excluding hydrogens is 452 g/mol. The molecule has 2 aliphatic rings. The molecule has 2 fully saturated rings. The number of carbonyl (C=O) groups is 2. The molecule has 2 aromatic rings. The van der Waals surface area contributed by atoms with Crippen molar-refractivity contribution in [3.05, 3.63) is 46.2 Å². The maximum absolute atomic E-state index is 13.8. The lowest BCUT2D eigenvalue weighted by atomic mass is 10.0. The van der Waals surface area contributed by atoms with E-state index >= 15 is 0 Å². The minimum absolute atomic E-state index is 0.0748. The van der Waals surface area contributed by atoms with Crippen LogP contribution in [0.1, 0.15) is 55.0 Å². The summed E-state index contributed by atoms with van der Waals surface area (Å²) in [6, 6.07) is 8.70. The Morgan fingerprint density at radius 1 is 1.12 bits per heavy atom. The molecule has 7 nitrogen and oxygen atoms in total. The highest BCUT2D eigenvalue weighted by atomic mass is 32.1. The molecule has 1 saturated heterocycles. The molecule has 0 radical (unpaired) electrons. The second-order valence-corrected chi connectivity index (χ2v) is 9.98. The Bertz CT molecular complexity index is 952. The highest BCUT2D eigenvalue weighted by molar-refractivity contribution is 7.10. The number of carbonyl (C=O) groups excluding carboxylic acids is 2. The maximum atomic E-state index is 13.8. The molecule has 1 aliphatic carbocycles. The topological polar surface area (TPSA) is 77.1 Å². The van der Waals surface area contributed by atoms with Gasteiger partial charge in [-0.25, -0.2) is 0 Å². The van der Waals surface area contributed by atoms with Crippen LogP contribution in [0.3, 0.4) is 0 Å². The molecule has 1 aromatic carbocycles. The zero-order valence-electron chi connectivity index (χ0n) is 20.0. The molecule has 2 atom stereocenters. The number of rotatable bonds is 10. The minimum Gasteiger partial charge on any atom is -0.493 e. The summed E-state index contributed by atoms with van der Waals surface area (Å²) in [5, 5.41) is 5.18. The Hall–Kier alpha value is -2.58. The summed E-state index contributed by atoms with van der Waals surface area (Å²) in [6.45, 7) is 1.06. The Labute approximate surface area is 205 Å². The summed E-state index contributed by atoms with van der Waals surface area (Å²) in [5.41, 5.74) is 0.700. The third-order valence-electron chi connectivity index (χ3n) is 6.64. The van der Waals surface area contributed by atoms with Gasteiger partial charge in [-0.3, -0.25) is 9.59 Å². The quantitative estimate of drug-likeness (QED) is 0.547. The summed E-state index contributed by atoms with van der Waals surface area (Å²) in [7, 11) is 3.15. The van der Waals surface area contributed by atoms with Crippen molar-refractivity contribution < 1.29 is 23.8 Å². The van der Waals surface area contributed by atoms with Gasteiger partial charge in [0.2, 0.25) is 11.8 Å².